The van der Waals surface area contributed by atoms with Gasteiger partial charge in [0.2, 0.25) is 0 Å². The molecule has 7 nitrogen and oxygen atoms in total. The van der Waals surface area contributed by atoms with E-state index in [2.05, 4.69) is 5.32 Å². The van der Waals surface area contributed by atoms with Crippen LogP contribution >= 0.6 is 0 Å². The first-order valence-electron chi connectivity index (χ1n) is 7.95. The summed E-state index contributed by atoms with van der Waals surface area (Å²) in [6, 6.07) is 13.3. The number of hydrogen-bond donors (Lipinski definition) is 2. The summed E-state index contributed by atoms with van der Waals surface area (Å²) in [5.74, 6) is 0.294. The van der Waals surface area contributed by atoms with E-state index in [1.54, 1.807) is 0 Å². The number of carbonyl (C=O) groups excluding carboxylic acids is 1. The van der Waals surface area contributed by atoms with Gasteiger partial charge in [-0.15, -0.1) is 0 Å². The summed E-state index contributed by atoms with van der Waals surface area (Å²) < 4.78 is 34.1. The number of benzene rings is 2. The lowest BCUT2D eigenvalue weighted by atomic mass is 10.2. The molecule has 0 saturated carbocycles. The Morgan fingerprint density at radius 3 is 2.54 bits per heavy atom. The summed E-state index contributed by atoms with van der Waals surface area (Å²) in [6.45, 7) is 0.269. The fourth-order valence-corrected chi connectivity index (χ4v) is 2.73. The van der Waals surface area contributed by atoms with E-state index in [0.29, 0.717) is 12.2 Å². The Morgan fingerprint density at radius 2 is 1.88 bits per heavy atom. The fraction of sp³-hybridized carbons (Fsp3) is 0.278. The number of rotatable bonds is 8. The van der Waals surface area contributed by atoms with Crippen LogP contribution in [0.25, 0.3) is 0 Å². The Hall–Kier alpha value is -2.58. The van der Waals surface area contributed by atoms with Gasteiger partial charge in [0.25, 0.3) is 0 Å². The number of anilines is 1. The van der Waals surface area contributed by atoms with E-state index in [-0.39, 0.29) is 30.4 Å². The molecule has 0 aromatic heterocycles. The van der Waals surface area contributed by atoms with Gasteiger partial charge in [0, 0.05) is 19.3 Å². The quantitative estimate of drug-likeness (QED) is 0.684. The van der Waals surface area contributed by atoms with Crippen molar-refractivity contribution in [1.29, 1.82) is 0 Å². The van der Waals surface area contributed by atoms with Crippen molar-refractivity contribution < 1.29 is 27.8 Å². The molecule has 0 bridgehead atoms. The van der Waals surface area contributed by atoms with Gasteiger partial charge in [-0.25, -0.2) is 13.2 Å². The van der Waals surface area contributed by atoms with Crippen LogP contribution in [-0.4, -0.2) is 39.1 Å². The van der Waals surface area contributed by atoms with E-state index < -0.39 is 15.9 Å². The lowest BCUT2D eigenvalue weighted by molar-refractivity contribution is 0.155. The number of amides is 1. The summed E-state index contributed by atoms with van der Waals surface area (Å²) in [5, 5.41) is 11.3. The van der Waals surface area contributed by atoms with Gasteiger partial charge >= 0.3 is 6.09 Å². The molecule has 140 valence electrons. The van der Waals surface area contributed by atoms with Crippen molar-refractivity contribution in [3.05, 3.63) is 54.1 Å². The molecule has 0 spiro atoms. The molecule has 26 heavy (non-hydrogen) atoms. The van der Waals surface area contributed by atoms with Crippen LogP contribution in [0, 0.1) is 0 Å². The number of aliphatic hydroxyl groups excluding tert-OH is 1. The van der Waals surface area contributed by atoms with Crippen molar-refractivity contribution >= 4 is 21.6 Å². The largest absolute Gasteiger partial charge is 0.491 e. The van der Waals surface area contributed by atoms with Crippen LogP contribution in [0.1, 0.15) is 12.0 Å². The van der Waals surface area contributed by atoms with E-state index in [9.17, 15) is 13.2 Å². The summed E-state index contributed by atoms with van der Waals surface area (Å²) in [5.41, 5.74) is 1.01. The zero-order valence-corrected chi connectivity index (χ0v) is 15.2. The molecule has 0 unspecified atom stereocenters. The second kappa shape index (κ2) is 9.21. The normalized spacial score (nSPS) is 11.0. The Kier molecular flexibility index (Phi) is 6.99. The second-order valence-electron chi connectivity index (χ2n) is 5.54. The number of sulfone groups is 1. The first-order valence-corrected chi connectivity index (χ1v) is 9.85. The van der Waals surface area contributed by atoms with E-state index >= 15 is 0 Å². The van der Waals surface area contributed by atoms with Gasteiger partial charge < -0.3 is 14.6 Å². The van der Waals surface area contributed by atoms with Crippen LogP contribution in [0.5, 0.6) is 5.75 Å². The van der Waals surface area contributed by atoms with E-state index in [1.807, 2.05) is 30.3 Å². The maximum atomic E-state index is 12.1. The van der Waals surface area contributed by atoms with Gasteiger partial charge in [0.05, 0.1) is 17.2 Å². The molecule has 0 heterocycles. The van der Waals surface area contributed by atoms with Gasteiger partial charge in [-0.1, -0.05) is 30.3 Å². The molecule has 2 N–H and O–H groups in total. The van der Waals surface area contributed by atoms with Crippen LogP contribution in [0.3, 0.4) is 0 Å². The van der Waals surface area contributed by atoms with Crippen LogP contribution in [0.2, 0.25) is 0 Å². The Labute approximate surface area is 152 Å². The summed E-state index contributed by atoms with van der Waals surface area (Å²) >= 11 is 0. The average molecular weight is 379 g/mol. The summed E-state index contributed by atoms with van der Waals surface area (Å²) in [4.78, 5) is 12.1. The zero-order valence-electron chi connectivity index (χ0n) is 14.3. The van der Waals surface area contributed by atoms with Crippen LogP contribution in [0.15, 0.2) is 53.4 Å². The molecule has 2 rings (SSSR count). The van der Waals surface area contributed by atoms with Crippen molar-refractivity contribution in [2.75, 3.05) is 24.8 Å². The molecular weight excluding hydrogens is 358 g/mol. The minimum atomic E-state index is -3.45. The summed E-state index contributed by atoms with van der Waals surface area (Å²) in [6.07, 6.45) is 0.754. The molecule has 0 saturated heterocycles. The Morgan fingerprint density at radius 1 is 1.15 bits per heavy atom. The average Bonchev–Trinajstić information content (AvgIpc) is 2.61. The number of ether oxygens (including phenoxy) is 2. The second-order valence-corrected chi connectivity index (χ2v) is 7.56. The minimum absolute atomic E-state index is 0.0384. The van der Waals surface area contributed by atoms with E-state index in [0.717, 1.165) is 11.8 Å². The first kappa shape index (κ1) is 19.7. The third-order valence-electron chi connectivity index (χ3n) is 3.39. The highest BCUT2D eigenvalue weighted by Gasteiger charge is 2.15. The highest BCUT2D eigenvalue weighted by atomic mass is 32.2. The van der Waals surface area contributed by atoms with Gasteiger partial charge in [-0.2, -0.15) is 0 Å². The lowest BCUT2D eigenvalue weighted by Gasteiger charge is -2.14. The maximum Gasteiger partial charge on any atom is 0.412 e. The third kappa shape index (κ3) is 6.05. The smallest absolute Gasteiger partial charge is 0.412 e. The molecule has 2 aromatic carbocycles. The molecule has 0 fully saturated rings. The predicted molar refractivity (Wildman–Crippen MR) is 97.0 cm³/mol. The first-order chi connectivity index (χ1) is 12.4. The zero-order chi connectivity index (χ0) is 19.0. The monoisotopic (exact) mass is 379 g/mol. The van der Waals surface area contributed by atoms with Gasteiger partial charge in [0.15, 0.2) is 9.84 Å². The maximum absolute atomic E-state index is 12.1. The van der Waals surface area contributed by atoms with Gasteiger partial charge in [0.1, 0.15) is 12.4 Å². The van der Waals surface area contributed by atoms with E-state index in [1.165, 1.54) is 18.2 Å². The molecular formula is C18H21NO6S. The highest BCUT2D eigenvalue weighted by Crippen LogP contribution is 2.28. The third-order valence-corrected chi connectivity index (χ3v) is 4.50. The highest BCUT2D eigenvalue weighted by molar-refractivity contribution is 7.90. The van der Waals surface area contributed by atoms with Crippen molar-refractivity contribution in [3.63, 3.8) is 0 Å². The fourth-order valence-electron chi connectivity index (χ4n) is 2.08. The van der Waals surface area contributed by atoms with E-state index in [4.69, 9.17) is 14.6 Å². The van der Waals surface area contributed by atoms with Gasteiger partial charge in [-0.3, -0.25) is 5.32 Å². The molecule has 0 aliphatic heterocycles. The van der Waals surface area contributed by atoms with Crippen molar-refractivity contribution in [2.24, 2.45) is 0 Å². The Balaban J connectivity index is 2.11. The van der Waals surface area contributed by atoms with Crippen molar-refractivity contribution in [1.82, 2.24) is 0 Å². The van der Waals surface area contributed by atoms with Crippen LogP contribution in [0.4, 0.5) is 10.5 Å². The molecule has 0 atom stereocenters. The summed E-state index contributed by atoms with van der Waals surface area (Å²) in [7, 11) is -3.45. The predicted octanol–water partition coefficient (Wildman–Crippen LogP) is 2.60. The molecule has 0 aliphatic carbocycles. The van der Waals surface area contributed by atoms with Crippen molar-refractivity contribution in [3.8, 4) is 5.75 Å². The molecule has 2 aromatic rings. The standard InChI is InChI=1S/C18H21NO6S/c1-26(22,23)15-8-9-17(24-11-5-10-20)16(12-15)19-18(21)25-13-14-6-3-2-4-7-14/h2-4,6-9,12,20H,5,10-11,13H2,1H3,(H,19,21). The molecule has 0 radical (unpaired) electrons. The minimum Gasteiger partial charge on any atom is -0.491 e. The Bertz CT molecular complexity index is 836. The molecule has 0 aliphatic rings. The lowest BCUT2D eigenvalue weighted by Crippen LogP contribution is -2.15. The molecule has 1 amide bonds. The van der Waals surface area contributed by atoms with Crippen molar-refractivity contribution in [2.45, 2.75) is 17.9 Å². The molecule has 8 heteroatoms. The van der Waals surface area contributed by atoms with Crippen LogP contribution < -0.4 is 10.1 Å². The number of nitrogens with one attached hydrogen (secondary N) is 1. The van der Waals surface area contributed by atoms with Crippen LogP contribution in [-0.2, 0) is 21.2 Å². The number of hydrogen-bond acceptors (Lipinski definition) is 6. The van der Waals surface area contributed by atoms with Gasteiger partial charge in [-0.05, 0) is 23.8 Å². The number of carbonyl (C=O) groups is 1. The SMILES string of the molecule is CS(=O)(=O)c1ccc(OCCCO)c(NC(=O)OCc2ccccc2)c1. The topological polar surface area (TPSA) is 102 Å². The number of aliphatic hydroxyl groups is 1.